The van der Waals surface area contributed by atoms with Crippen LogP contribution in [-0.2, 0) is 19.9 Å². The van der Waals surface area contributed by atoms with E-state index in [1.54, 1.807) is 51.1 Å². The average molecular weight is 469 g/mol. The first-order valence-corrected chi connectivity index (χ1v) is 10.7. The molecule has 0 aliphatic carbocycles. The highest BCUT2D eigenvalue weighted by molar-refractivity contribution is 6.40. The fourth-order valence-electron chi connectivity index (χ4n) is 3.22. The van der Waals surface area contributed by atoms with Crippen LogP contribution in [0.5, 0.6) is 0 Å². The molecule has 2 atom stereocenters. The fourth-order valence-corrected chi connectivity index (χ4v) is 3.34. The Balaban J connectivity index is 1.75. The summed E-state index contributed by atoms with van der Waals surface area (Å²) in [6, 6.07) is 11.6. The normalized spacial score (nSPS) is 17.9. The molecule has 1 aromatic heterocycles. The van der Waals surface area contributed by atoms with Gasteiger partial charge in [-0.3, -0.25) is 19.6 Å². The second kappa shape index (κ2) is 9.95. The van der Waals surface area contributed by atoms with Crippen molar-refractivity contribution in [2.24, 2.45) is 4.99 Å². The van der Waals surface area contributed by atoms with Crippen molar-refractivity contribution in [1.82, 2.24) is 15.6 Å². The summed E-state index contributed by atoms with van der Waals surface area (Å²) in [5.74, 6) is -1.66. The highest BCUT2D eigenvalue weighted by Gasteiger charge is 2.44. The summed E-state index contributed by atoms with van der Waals surface area (Å²) in [7, 11) is 0. The molecule has 0 bridgehead atoms. The fraction of sp³-hybridized carbons (Fsp3) is 0.292. The van der Waals surface area contributed by atoms with Crippen LogP contribution in [0, 0.1) is 0 Å². The molecule has 33 heavy (non-hydrogen) atoms. The molecule has 2 aromatic rings. The largest absolute Gasteiger partial charge is 0.444 e. The van der Waals surface area contributed by atoms with Gasteiger partial charge in [-0.1, -0.05) is 41.9 Å². The third kappa shape index (κ3) is 6.04. The summed E-state index contributed by atoms with van der Waals surface area (Å²) >= 11 is 5.90. The van der Waals surface area contributed by atoms with Gasteiger partial charge >= 0.3 is 6.09 Å². The van der Waals surface area contributed by atoms with Crippen LogP contribution >= 0.6 is 11.6 Å². The van der Waals surface area contributed by atoms with E-state index in [0.717, 1.165) is 5.56 Å². The maximum Gasteiger partial charge on any atom is 0.408 e. The van der Waals surface area contributed by atoms with E-state index in [0.29, 0.717) is 5.02 Å². The topological polar surface area (TPSA) is 110 Å². The van der Waals surface area contributed by atoms with Gasteiger partial charge in [0.2, 0.25) is 0 Å². The van der Waals surface area contributed by atoms with Crippen molar-refractivity contribution in [2.45, 2.75) is 38.0 Å². The van der Waals surface area contributed by atoms with E-state index < -0.39 is 35.0 Å². The van der Waals surface area contributed by atoms with Crippen molar-refractivity contribution in [3.63, 3.8) is 0 Å². The van der Waals surface area contributed by atoms with E-state index >= 15 is 0 Å². The highest BCUT2D eigenvalue weighted by Crippen LogP contribution is 2.30. The first-order chi connectivity index (χ1) is 15.6. The second-order valence-corrected chi connectivity index (χ2v) is 8.85. The standard InChI is InChI=1S/C24H25ClN4O4/c1-23(2,3)33-22(32)29-18(16-8-5-4-6-9-16)15-27-21(31)20(30)24(12-7-13-28-24)19-11-10-17(25)14-26-19/h4-14,18H,15H2,1-3H3,(H,27,31)(H,29,32). The molecule has 1 aliphatic rings. The monoisotopic (exact) mass is 468 g/mol. The average Bonchev–Trinajstić information content (AvgIpc) is 3.27. The predicted octanol–water partition coefficient (Wildman–Crippen LogP) is 3.52. The Morgan fingerprint density at radius 3 is 2.42 bits per heavy atom. The van der Waals surface area contributed by atoms with Crippen LogP contribution in [-0.4, -0.2) is 41.1 Å². The van der Waals surface area contributed by atoms with Crippen LogP contribution in [0.25, 0.3) is 0 Å². The van der Waals surface area contributed by atoms with Gasteiger partial charge in [0, 0.05) is 19.0 Å². The number of alkyl carbamates (subject to hydrolysis) is 1. The van der Waals surface area contributed by atoms with Gasteiger partial charge in [0.25, 0.3) is 11.7 Å². The second-order valence-electron chi connectivity index (χ2n) is 8.41. The number of pyridine rings is 1. The zero-order valence-corrected chi connectivity index (χ0v) is 19.3. The molecule has 172 valence electrons. The van der Waals surface area contributed by atoms with E-state index in [1.165, 1.54) is 18.5 Å². The van der Waals surface area contributed by atoms with E-state index in [1.807, 2.05) is 18.2 Å². The zero-order valence-electron chi connectivity index (χ0n) is 18.5. The van der Waals surface area contributed by atoms with Gasteiger partial charge < -0.3 is 15.4 Å². The third-order valence-corrected chi connectivity index (χ3v) is 4.96. The van der Waals surface area contributed by atoms with Crippen LogP contribution in [0.3, 0.4) is 0 Å². The number of benzene rings is 1. The van der Waals surface area contributed by atoms with E-state index in [9.17, 15) is 14.4 Å². The number of carbonyl (C=O) groups is 3. The SMILES string of the molecule is CC(C)(C)OC(=O)NC(CNC(=O)C(=O)C1(c2ccc(Cl)cn2)C=CC=N1)c1ccccc1. The van der Waals surface area contributed by atoms with Crippen LogP contribution in [0.2, 0.25) is 5.02 Å². The van der Waals surface area contributed by atoms with Crippen molar-refractivity contribution < 1.29 is 19.1 Å². The number of halogens is 1. The summed E-state index contributed by atoms with van der Waals surface area (Å²) in [6.45, 7) is 5.23. The molecule has 0 saturated heterocycles. The molecular weight excluding hydrogens is 444 g/mol. The van der Waals surface area contributed by atoms with Crippen LogP contribution in [0.15, 0.2) is 65.8 Å². The maximum absolute atomic E-state index is 13.1. The first kappa shape index (κ1) is 24.1. The molecular formula is C24H25ClN4O4. The van der Waals surface area contributed by atoms with Crippen LogP contribution < -0.4 is 10.6 Å². The molecule has 2 unspecified atom stereocenters. The molecule has 2 N–H and O–H groups in total. The molecule has 1 aromatic carbocycles. The van der Waals surface area contributed by atoms with Crippen molar-refractivity contribution in [1.29, 1.82) is 0 Å². The number of aliphatic imine (C=N–C) groups is 1. The molecule has 3 rings (SSSR count). The van der Waals surface area contributed by atoms with Gasteiger partial charge in [-0.15, -0.1) is 0 Å². The number of aromatic nitrogens is 1. The van der Waals surface area contributed by atoms with Crippen molar-refractivity contribution in [2.75, 3.05) is 6.54 Å². The molecule has 9 heteroatoms. The lowest BCUT2D eigenvalue weighted by Crippen LogP contribution is -2.46. The first-order valence-electron chi connectivity index (χ1n) is 10.3. The molecule has 0 radical (unpaired) electrons. The van der Waals surface area contributed by atoms with E-state index in [4.69, 9.17) is 16.3 Å². The minimum atomic E-state index is -1.56. The quantitative estimate of drug-likeness (QED) is 0.604. The van der Waals surface area contributed by atoms with E-state index in [-0.39, 0.29) is 12.2 Å². The van der Waals surface area contributed by atoms with E-state index in [2.05, 4.69) is 20.6 Å². The Bertz CT molecular complexity index is 1060. The lowest BCUT2D eigenvalue weighted by atomic mass is 9.90. The van der Waals surface area contributed by atoms with Gasteiger partial charge in [0.05, 0.1) is 16.8 Å². The smallest absolute Gasteiger partial charge is 0.408 e. The number of ketones is 1. The highest BCUT2D eigenvalue weighted by atomic mass is 35.5. The van der Waals surface area contributed by atoms with Gasteiger partial charge in [-0.2, -0.15) is 0 Å². The van der Waals surface area contributed by atoms with Gasteiger partial charge in [0.15, 0.2) is 5.54 Å². The Morgan fingerprint density at radius 2 is 1.85 bits per heavy atom. The molecule has 0 spiro atoms. The van der Waals surface area contributed by atoms with Gasteiger partial charge in [-0.05, 0) is 50.6 Å². The molecule has 1 aliphatic heterocycles. The number of rotatable bonds is 7. The van der Waals surface area contributed by atoms with Crippen molar-refractivity contribution in [3.8, 4) is 0 Å². The molecule has 0 fully saturated rings. The number of amides is 2. The minimum Gasteiger partial charge on any atom is -0.444 e. The number of Topliss-reactive ketones (excluding diaryl/α,β-unsaturated/α-hetero) is 1. The summed E-state index contributed by atoms with van der Waals surface area (Å²) in [5, 5.41) is 5.75. The lowest BCUT2D eigenvalue weighted by molar-refractivity contribution is -0.140. The molecule has 8 nitrogen and oxygen atoms in total. The van der Waals surface area contributed by atoms with Crippen LogP contribution in [0.4, 0.5) is 4.79 Å². The Kier molecular flexibility index (Phi) is 7.28. The number of hydrogen-bond donors (Lipinski definition) is 2. The number of nitrogens with zero attached hydrogens (tertiary/aromatic N) is 2. The summed E-state index contributed by atoms with van der Waals surface area (Å²) in [4.78, 5) is 46.7. The Hall–Kier alpha value is -3.52. The minimum absolute atomic E-state index is 0.0363. The summed E-state index contributed by atoms with van der Waals surface area (Å²) in [6.07, 6.45) is 5.29. The Labute approximate surface area is 197 Å². The van der Waals surface area contributed by atoms with Crippen LogP contribution in [0.1, 0.15) is 38.1 Å². The summed E-state index contributed by atoms with van der Waals surface area (Å²) < 4.78 is 5.33. The number of ether oxygens (including phenoxy) is 1. The number of nitrogens with one attached hydrogen (secondary N) is 2. The Morgan fingerprint density at radius 1 is 1.12 bits per heavy atom. The van der Waals surface area contributed by atoms with Crippen molar-refractivity contribution >= 4 is 35.6 Å². The third-order valence-electron chi connectivity index (χ3n) is 4.73. The predicted molar refractivity (Wildman–Crippen MR) is 125 cm³/mol. The maximum atomic E-state index is 13.1. The number of allylic oxidation sites excluding steroid dienone is 1. The van der Waals surface area contributed by atoms with Gasteiger partial charge in [0.1, 0.15) is 5.60 Å². The lowest BCUT2D eigenvalue weighted by Gasteiger charge is -2.25. The zero-order chi connectivity index (χ0) is 24.1. The molecule has 2 heterocycles. The molecule has 2 amide bonds. The molecule has 0 saturated carbocycles. The number of hydrogen-bond acceptors (Lipinski definition) is 6. The van der Waals surface area contributed by atoms with Crippen molar-refractivity contribution in [3.05, 3.63) is 77.1 Å². The van der Waals surface area contributed by atoms with Gasteiger partial charge in [-0.25, -0.2) is 4.79 Å². The summed E-state index contributed by atoms with van der Waals surface area (Å²) in [5.41, 5.74) is -1.22. The number of carbonyl (C=O) groups excluding carboxylic acids is 3.